The quantitative estimate of drug-likeness (QED) is 0.404. The number of carbonyl (C=O) groups excluding carboxylic acids is 2. The number of rotatable bonds is 7. The van der Waals surface area contributed by atoms with Crippen LogP contribution in [-0.2, 0) is 9.53 Å². The third-order valence-electron chi connectivity index (χ3n) is 4.32. The predicted molar refractivity (Wildman–Crippen MR) is 117 cm³/mol. The van der Waals surface area contributed by atoms with Gasteiger partial charge in [-0.2, -0.15) is 5.11 Å². The predicted octanol–water partition coefficient (Wildman–Crippen LogP) is 5.24. The van der Waals surface area contributed by atoms with Crippen molar-refractivity contribution in [1.29, 1.82) is 0 Å². The van der Waals surface area contributed by atoms with E-state index in [1.54, 1.807) is 30.3 Å². The van der Waals surface area contributed by atoms with E-state index >= 15 is 0 Å². The van der Waals surface area contributed by atoms with Gasteiger partial charge in [0.1, 0.15) is 23.0 Å². The number of halogens is 2. The van der Waals surface area contributed by atoms with Gasteiger partial charge in [-0.1, -0.05) is 18.2 Å². The normalized spacial score (nSPS) is 10.8. The van der Waals surface area contributed by atoms with Crippen LogP contribution in [0.5, 0.6) is 0 Å². The second-order valence-electron chi connectivity index (χ2n) is 6.85. The Bertz CT molecular complexity index is 1130. The van der Waals surface area contributed by atoms with E-state index in [1.165, 1.54) is 12.1 Å². The topological polar surface area (TPSA) is 83.4 Å². The third-order valence-corrected chi connectivity index (χ3v) is 4.32. The maximum Gasteiger partial charge on any atom is 0.340 e. The third kappa shape index (κ3) is 5.72. The number of hydrogen-bond donors (Lipinski definition) is 1. The van der Waals surface area contributed by atoms with E-state index in [1.807, 2.05) is 36.4 Å². The average Bonchev–Trinajstić information content (AvgIpc) is 2.79. The zero-order valence-corrected chi connectivity index (χ0v) is 17.4. The Labute approximate surface area is 183 Å². The van der Waals surface area contributed by atoms with Crippen LogP contribution in [0.15, 0.2) is 77.0 Å². The summed E-state index contributed by atoms with van der Waals surface area (Å²) in [5.74, 6) is -3.59. The van der Waals surface area contributed by atoms with Gasteiger partial charge in [-0.25, -0.2) is 13.6 Å². The lowest BCUT2D eigenvalue weighted by Gasteiger charge is -2.11. The first kappa shape index (κ1) is 22.5. The molecule has 3 aromatic carbocycles. The molecule has 0 aliphatic carbocycles. The fourth-order valence-electron chi connectivity index (χ4n) is 2.66. The van der Waals surface area contributed by atoms with Gasteiger partial charge in [0, 0.05) is 19.8 Å². The number of carbonyl (C=O) groups is 2. The first-order valence-electron chi connectivity index (χ1n) is 9.54. The van der Waals surface area contributed by atoms with Crippen molar-refractivity contribution in [3.05, 3.63) is 83.9 Å². The van der Waals surface area contributed by atoms with Crippen LogP contribution in [-0.4, -0.2) is 32.6 Å². The zero-order chi connectivity index (χ0) is 23.1. The molecule has 3 aromatic rings. The number of azo groups is 1. The summed E-state index contributed by atoms with van der Waals surface area (Å²) in [5, 5.41) is 10.3. The molecule has 164 valence electrons. The summed E-state index contributed by atoms with van der Waals surface area (Å²) >= 11 is 0. The van der Waals surface area contributed by atoms with Crippen LogP contribution >= 0.6 is 0 Å². The number of anilines is 2. The molecule has 0 heterocycles. The van der Waals surface area contributed by atoms with Crippen molar-refractivity contribution in [1.82, 2.24) is 0 Å². The van der Waals surface area contributed by atoms with Crippen LogP contribution < -0.4 is 10.2 Å². The summed E-state index contributed by atoms with van der Waals surface area (Å²) in [4.78, 5) is 26.3. The molecule has 32 heavy (non-hydrogen) atoms. The summed E-state index contributed by atoms with van der Waals surface area (Å²) in [6, 6.07) is 16.8. The van der Waals surface area contributed by atoms with Gasteiger partial charge < -0.3 is 15.0 Å². The number of benzene rings is 3. The molecule has 0 aliphatic heterocycles. The van der Waals surface area contributed by atoms with Gasteiger partial charge in [-0.05, 0) is 48.5 Å². The first-order chi connectivity index (χ1) is 15.3. The van der Waals surface area contributed by atoms with Gasteiger partial charge in [0.05, 0.1) is 11.3 Å². The highest BCUT2D eigenvalue weighted by atomic mass is 19.1. The van der Waals surface area contributed by atoms with E-state index in [0.717, 1.165) is 17.8 Å². The standard InChI is InChI=1S/C23H20F2N4O3/c1-29(2)16-12-10-15(11-13-16)27-28-20-9-4-3-6-17(20)23(31)32-14-21(30)26-22-18(24)7-5-8-19(22)25/h3-13H,14H2,1-2H3,(H,26,30). The smallest absolute Gasteiger partial charge is 0.340 e. The average molecular weight is 438 g/mol. The number of amides is 1. The number of hydrogen-bond acceptors (Lipinski definition) is 6. The van der Waals surface area contributed by atoms with Crippen molar-refractivity contribution in [2.75, 3.05) is 30.9 Å². The second-order valence-corrected chi connectivity index (χ2v) is 6.85. The molecule has 0 aliphatic rings. The molecule has 9 heteroatoms. The lowest BCUT2D eigenvalue weighted by molar-refractivity contribution is -0.119. The van der Waals surface area contributed by atoms with Crippen LogP contribution in [0.1, 0.15) is 10.4 Å². The molecule has 0 fully saturated rings. The molecule has 1 N–H and O–H groups in total. The minimum absolute atomic E-state index is 0.0889. The molecule has 0 saturated carbocycles. The fourth-order valence-corrected chi connectivity index (χ4v) is 2.66. The van der Waals surface area contributed by atoms with Gasteiger partial charge in [-0.3, -0.25) is 4.79 Å². The minimum atomic E-state index is -0.936. The molecule has 0 spiro atoms. The summed E-state index contributed by atoms with van der Waals surface area (Å²) in [6.45, 7) is -0.732. The van der Waals surface area contributed by atoms with Crippen LogP contribution in [0.3, 0.4) is 0 Å². The van der Waals surface area contributed by atoms with Gasteiger partial charge in [0.25, 0.3) is 5.91 Å². The molecule has 7 nitrogen and oxygen atoms in total. The van der Waals surface area contributed by atoms with E-state index in [4.69, 9.17) is 4.74 Å². The van der Waals surface area contributed by atoms with Gasteiger partial charge in [0.2, 0.25) is 0 Å². The molecule has 0 bridgehead atoms. The van der Waals surface area contributed by atoms with Crippen molar-refractivity contribution >= 4 is 34.6 Å². The molecule has 0 atom stereocenters. The highest BCUT2D eigenvalue weighted by Crippen LogP contribution is 2.24. The number of nitrogens with one attached hydrogen (secondary N) is 1. The summed E-state index contributed by atoms with van der Waals surface area (Å²) in [6.07, 6.45) is 0. The molecule has 0 unspecified atom stereocenters. The van der Waals surface area contributed by atoms with Crippen LogP contribution in [0, 0.1) is 11.6 Å². The number of para-hydroxylation sites is 1. The van der Waals surface area contributed by atoms with E-state index in [-0.39, 0.29) is 11.3 Å². The monoisotopic (exact) mass is 438 g/mol. The summed E-state index contributed by atoms with van der Waals surface area (Å²) < 4.78 is 32.2. The zero-order valence-electron chi connectivity index (χ0n) is 17.4. The lowest BCUT2D eigenvalue weighted by Crippen LogP contribution is -2.22. The van der Waals surface area contributed by atoms with Crippen molar-refractivity contribution in [2.45, 2.75) is 0 Å². The summed E-state index contributed by atoms with van der Waals surface area (Å²) in [5.41, 5.74) is 1.32. The van der Waals surface area contributed by atoms with Crippen molar-refractivity contribution in [3.63, 3.8) is 0 Å². The Kier molecular flexibility index (Phi) is 7.22. The molecule has 0 saturated heterocycles. The largest absolute Gasteiger partial charge is 0.452 e. The van der Waals surface area contributed by atoms with Gasteiger partial charge in [0.15, 0.2) is 6.61 Å². The Morgan fingerprint density at radius 3 is 2.22 bits per heavy atom. The van der Waals surface area contributed by atoms with Crippen LogP contribution in [0.4, 0.5) is 31.5 Å². The Hall–Kier alpha value is -4.14. The first-order valence-corrected chi connectivity index (χ1v) is 9.54. The number of ether oxygens (including phenoxy) is 1. The van der Waals surface area contributed by atoms with E-state index in [2.05, 4.69) is 10.2 Å². The Morgan fingerprint density at radius 2 is 1.56 bits per heavy atom. The van der Waals surface area contributed by atoms with Crippen LogP contribution in [0.25, 0.3) is 0 Å². The summed E-state index contributed by atoms with van der Waals surface area (Å²) in [7, 11) is 3.84. The molecule has 0 radical (unpaired) electrons. The Morgan fingerprint density at radius 1 is 0.906 bits per heavy atom. The van der Waals surface area contributed by atoms with E-state index in [9.17, 15) is 18.4 Å². The maximum atomic E-state index is 13.6. The van der Waals surface area contributed by atoms with Gasteiger partial charge >= 0.3 is 5.97 Å². The SMILES string of the molecule is CN(C)c1ccc(N=Nc2ccccc2C(=O)OCC(=O)Nc2c(F)cccc2F)cc1. The highest BCUT2D eigenvalue weighted by molar-refractivity contribution is 5.98. The fraction of sp³-hybridized carbons (Fsp3) is 0.130. The Balaban J connectivity index is 1.65. The van der Waals surface area contributed by atoms with E-state index in [0.29, 0.717) is 5.69 Å². The van der Waals surface area contributed by atoms with Crippen molar-refractivity contribution < 1.29 is 23.1 Å². The maximum absolute atomic E-state index is 13.6. The highest BCUT2D eigenvalue weighted by Gasteiger charge is 2.16. The molecule has 1 amide bonds. The lowest BCUT2D eigenvalue weighted by atomic mass is 10.2. The number of nitrogens with zero attached hydrogens (tertiary/aromatic N) is 3. The molecular formula is C23H20F2N4O3. The molecule has 3 rings (SSSR count). The van der Waals surface area contributed by atoms with Crippen molar-refractivity contribution in [3.8, 4) is 0 Å². The van der Waals surface area contributed by atoms with Crippen LogP contribution in [0.2, 0.25) is 0 Å². The minimum Gasteiger partial charge on any atom is -0.452 e. The van der Waals surface area contributed by atoms with E-state index < -0.39 is 35.8 Å². The second kappa shape index (κ2) is 10.3. The number of esters is 1. The van der Waals surface area contributed by atoms with Crippen molar-refractivity contribution in [2.24, 2.45) is 10.2 Å². The van der Waals surface area contributed by atoms with Gasteiger partial charge in [-0.15, -0.1) is 5.11 Å². The molecular weight excluding hydrogens is 418 g/mol. The molecule has 0 aromatic heterocycles.